The molecule has 20 heavy (non-hydrogen) atoms. The van der Waals surface area contributed by atoms with Gasteiger partial charge in [0.25, 0.3) is 0 Å². The van der Waals surface area contributed by atoms with Crippen LogP contribution in [0.25, 0.3) is 0 Å². The molecule has 3 rings (SSSR count). The van der Waals surface area contributed by atoms with Gasteiger partial charge in [0.1, 0.15) is 0 Å². The third kappa shape index (κ3) is 2.98. The Balaban J connectivity index is 1.80. The maximum Gasteiger partial charge on any atom is 0.0846 e. The predicted molar refractivity (Wildman–Crippen MR) is 87.3 cm³/mol. The van der Waals surface area contributed by atoms with Gasteiger partial charge in [-0.25, -0.2) is 0 Å². The SMILES string of the molecule is CNC(CC1OCCc2ccccc21)c1cc(Br)cs1. The zero-order chi connectivity index (χ0) is 13.9. The fourth-order valence-corrected chi connectivity index (χ4v) is 4.34. The van der Waals surface area contributed by atoms with Crippen LogP contribution in [0.4, 0.5) is 0 Å². The van der Waals surface area contributed by atoms with Crippen LogP contribution < -0.4 is 5.32 Å². The summed E-state index contributed by atoms with van der Waals surface area (Å²) in [4.78, 5) is 1.35. The normalized spacial score (nSPS) is 19.6. The Kier molecular flexibility index (Phi) is 4.56. The summed E-state index contributed by atoms with van der Waals surface area (Å²) in [5, 5.41) is 5.55. The van der Waals surface area contributed by atoms with E-state index >= 15 is 0 Å². The summed E-state index contributed by atoms with van der Waals surface area (Å²) in [5.41, 5.74) is 2.79. The summed E-state index contributed by atoms with van der Waals surface area (Å²) in [6, 6.07) is 11.2. The molecule has 2 aromatic rings. The largest absolute Gasteiger partial charge is 0.373 e. The first-order valence-electron chi connectivity index (χ1n) is 6.88. The highest BCUT2D eigenvalue weighted by molar-refractivity contribution is 9.10. The number of halogens is 1. The van der Waals surface area contributed by atoms with Crippen molar-refractivity contribution in [3.05, 3.63) is 56.2 Å². The lowest BCUT2D eigenvalue weighted by molar-refractivity contribution is 0.0301. The lowest BCUT2D eigenvalue weighted by Crippen LogP contribution is -2.23. The number of thiophene rings is 1. The fourth-order valence-electron chi connectivity index (χ4n) is 2.77. The molecule has 0 aliphatic carbocycles. The molecule has 0 amide bonds. The summed E-state index contributed by atoms with van der Waals surface area (Å²) in [6.07, 6.45) is 2.19. The summed E-state index contributed by atoms with van der Waals surface area (Å²) in [6.45, 7) is 0.826. The molecule has 0 spiro atoms. The van der Waals surface area contributed by atoms with Gasteiger partial charge in [0, 0.05) is 20.8 Å². The van der Waals surface area contributed by atoms with Crippen LogP contribution in [0.1, 0.15) is 34.6 Å². The maximum atomic E-state index is 6.02. The van der Waals surface area contributed by atoms with Crippen molar-refractivity contribution in [2.24, 2.45) is 0 Å². The molecule has 2 heterocycles. The molecular weight excluding hydrogens is 334 g/mol. The average Bonchev–Trinajstić information content (AvgIpc) is 2.91. The lowest BCUT2D eigenvalue weighted by atomic mass is 9.93. The van der Waals surface area contributed by atoms with Crippen LogP contribution in [0.3, 0.4) is 0 Å². The predicted octanol–water partition coefficient (Wildman–Crippen LogP) is 4.48. The van der Waals surface area contributed by atoms with Gasteiger partial charge in [-0.05, 0) is 53.0 Å². The molecule has 1 aromatic heterocycles. The van der Waals surface area contributed by atoms with Crippen molar-refractivity contribution in [1.82, 2.24) is 5.32 Å². The number of hydrogen-bond acceptors (Lipinski definition) is 3. The van der Waals surface area contributed by atoms with Gasteiger partial charge in [0.05, 0.1) is 12.7 Å². The molecule has 0 radical (unpaired) electrons. The Morgan fingerprint density at radius 1 is 1.45 bits per heavy atom. The van der Waals surface area contributed by atoms with Gasteiger partial charge in [-0.15, -0.1) is 11.3 Å². The first-order chi connectivity index (χ1) is 9.78. The number of nitrogens with one attached hydrogen (secondary N) is 1. The molecule has 0 saturated heterocycles. The Hall–Kier alpha value is -0.680. The second-order valence-electron chi connectivity index (χ2n) is 5.05. The van der Waals surface area contributed by atoms with Crippen molar-refractivity contribution in [3.63, 3.8) is 0 Å². The van der Waals surface area contributed by atoms with Gasteiger partial charge in [-0.2, -0.15) is 0 Å². The van der Waals surface area contributed by atoms with Crippen molar-refractivity contribution in [2.75, 3.05) is 13.7 Å². The quantitative estimate of drug-likeness (QED) is 0.876. The molecule has 1 aromatic carbocycles. The van der Waals surface area contributed by atoms with Crippen molar-refractivity contribution in [1.29, 1.82) is 0 Å². The molecule has 1 aliphatic rings. The molecule has 0 bridgehead atoms. The highest BCUT2D eigenvalue weighted by atomic mass is 79.9. The van der Waals surface area contributed by atoms with Gasteiger partial charge in [0.2, 0.25) is 0 Å². The fraction of sp³-hybridized carbons (Fsp3) is 0.375. The smallest absolute Gasteiger partial charge is 0.0846 e. The topological polar surface area (TPSA) is 21.3 Å². The Bertz CT molecular complexity index is 583. The van der Waals surface area contributed by atoms with E-state index in [1.165, 1.54) is 16.0 Å². The highest BCUT2D eigenvalue weighted by Gasteiger charge is 2.24. The Morgan fingerprint density at radius 3 is 3.05 bits per heavy atom. The van der Waals surface area contributed by atoms with Crippen LogP contribution in [0.15, 0.2) is 40.2 Å². The van der Waals surface area contributed by atoms with E-state index in [9.17, 15) is 0 Å². The zero-order valence-corrected chi connectivity index (χ0v) is 13.8. The number of fused-ring (bicyclic) bond motifs is 1. The summed E-state index contributed by atoms with van der Waals surface area (Å²) in [7, 11) is 2.02. The monoisotopic (exact) mass is 351 g/mol. The molecule has 4 heteroatoms. The molecule has 1 N–H and O–H groups in total. The Morgan fingerprint density at radius 2 is 2.30 bits per heavy atom. The summed E-state index contributed by atoms with van der Waals surface area (Å²) < 4.78 is 7.17. The summed E-state index contributed by atoms with van der Waals surface area (Å²) in [5.74, 6) is 0. The van der Waals surface area contributed by atoms with E-state index in [1.54, 1.807) is 11.3 Å². The zero-order valence-electron chi connectivity index (χ0n) is 11.4. The average molecular weight is 352 g/mol. The second kappa shape index (κ2) is 6.39. The standard InChI is InChI=1S/C16H18BrNOS/c1-18-14(16-8-12(17)10-20-16)9-15-13-5-3-2-4-11(13)6-7-19-15/h2-5,8,10,14-15,18H,6-7,9H2,1H3. The van der Waals surface area contributed by atoms with E-state index in [1.807, 2.05) is 7.05 Å². The van der Waals surface area contributed by atoms with Crippen LogP contribution >= 0.6 is 27.3 Å². The molecule has 0 saturated carbocycles. The molecule has 0 fully saturated rings. The van der Waals surface area contributed by atoms with E-state index in [0.29, 0.717) is 6.04 Å². The number of hydrogen-bond donors (Lipinski definition) is 1. The van der Waals surface area contributed by atoms with E-state index in [0.717, 1.165) is 23.9 Å². The number of rotatable bonds is 4. The minimum atomic E-state index is 0.193. The van der Waals surface area contributed by atoms with E-state index in [4.69, 9.17) is 4.74 Å². The van der Waals surface area contributed by atoms with E-state index in [-0.39, 0.29) is 6.10 Å². The number of benzene rings is 1. The van der Waals surface area contributed by atoms with Crippen LogP contribution in [-0.4, -0.2) is 13.7 Å². The van der Waals surface area contributed by atoms with Gasteiger partial charge >= 0.3 is 0 Å². The van der Waals surface area contributed by atoms with Crippen molar-refractivity contribution < 1.29 is 4.74 Å². The molecule has 1 aliphatic heterocycles. The van der Waals surface area contributed by atoms with Crippen molar-refractivity contribution in [3.8, 4) is 0 Å². The van der Waals surface area contributed by atoms with Crippen LogP contribution in [0.2, 0.25) is 0 Å². The molecule has 2 unspecified atom stereocenters. The van der Waals surface area contributed by atoms with Crippen molar-refractivity contribution in [2.45, 2.75) is 25.0 Å². The van der Waals surface area contributed by atoms with Gasteiger partial charge in [-0.1, -0.05) is 24.3 Å². The minimum Gasteiger partial charge on any atom is -0.373 e. The molecular formula is C16H18BrNOS. The van der Waals surface area contributed by atoms with Crippen LogP contribution in [0, 0.1) is 0 Å². The molecule has 2 nitrogen and oxygen atoms in total. The summed E-state index contributed by atoms with van der Waals surface area (Å²) >= 11 is 5.32. The minimum absolute atomic E-state index is 0.193. The maximum absolute atomic E-state index is 6.02. The molecule has 2 atom stereocenters. The van der Waals surface area contributed by atoms with Gasteiger partial charge < -0.3 is 10.1 Å². The lowest BCUT2D eigenvalue weighted by Gasteiger charge is -2.29. The van der Waals surface area contributed by atoms with Gasteiger partial charge in [0.15, 0.2) is 0 Å². The van der Waals surface area contributed by atoms with Crippen LogP contribution in [0.5, 0.6) is 0 Å². The van der Waals surface area contributed by atoms with E-state index in [2.05, 4.69) is 57.0 Å². The third-order valence-electron chi connectivity index (χ3n) is 3.82. The van der Waals surface area contributed by atoms with Crippen LogP contribution in [-0.2, 0) is 11.2 Å². The highest BCUT2D eigenvalue weighted by Crippen LogP contribution is 2.36. The van der Waals surface area contributed by atoms with Gasteiger partial charge in [-0.3, -0.25) is 0 Å². The number of ether oxygens (including phenoxy) is 1. The first kappa shape index (κ1) is 14.3. The second-order valence-corrected chi connectivity index (χ2v) is 6.91. The molecule has 106 valence electrons. The van der Waals surface area contributed by atoms with Crippen molar-refractivity contribution >= 4 is 27.3 Å². The Labute approximate surface area is 132 Å². The van der Waals surface area contributed by atoms with E-state index < -0.39 is 0 Å². The third-order valence-corrected chi connectivity index (χ3v) is 5.63. The first-order valence-corrected chi connectivity index (χ1v) is 8.56.